The molecule has 1 saturated carbocycles. The van der Waals surface area contributed by atoms with Gasteiger partial charge in [-0.05, 0) is 92.8 Å². The number of esters is 3. The lowest BCUT2D eigenvalue weighted by molar-refractivity contribution is -0.176. The molecular formula is C32H44O7. The molecule has 2 aliphatic heterocycles. The highest BCUT2D eigenvalue weighted by Gasteiger charge is 2.64. The van der Waals surface area contributed by atoms with E-state index in [-0.39, 0.29) is 46.5 Å². The van der Waals surface area contributed by atoms with Crippen LogP contribution in [0.2, 0.25) is 0 Å². The summed E-state index contributed by atoms with van der Waals surface area (Å²) < 4.78 is 17.4. The van der Waals surface area contributed by atoms with E-state index in [0.717, 1.165) is 25.7 Å². The lowest BCUT2D eigenvalue weighted by Crippen LogP contribution is -2.56. The van der Waals surface area contributed by atoms with E-state index in [4.69, 9.17) is 14.2 Å². The Balaban J connectivity index is 1.53. The molecule has 214 valence electrons. The molecule has 1 saturated heterocycles. The third-order valence-corrected chi connectivity index (χ3v) is 11.4. The van der Waals surface area contributed by atoms with Crippen molar-refractivity contribution in [2.75, 3.05) is 6.61 Å². The van der Waals surface area contributed by atoms with Gasteiger partial charge in [-0.1, -0.05) is 32.9 Å². The number of carbonyl (C=O) groups excluding carboxylic acids is 3. The fourth-order valence-electron chi connectivity index (χ4n) is 9.21. The topological polar surface area (TPSA) is 99.1 Å². The second-order valence-corrected chi connectivity index (χ2v) is 13.7. The monoisotopic (exact) mass is 540 g/mol. The Hall–Kier alpha value is -2.41. The van der Waals surface area contributed by atoms with Gasteiger partial charge in [-0.2, -0.15) is 0 Å². The van der Waals surface area contributed by atoms with Gasteiger partial charge in [-0.15, -0.1) is 0 Å². The van der Waals surface area contributed by atoms with Crippen LogP contribution in [-0.2, 0) is 28.6 Å². The zero-order valence-corrected chi connectivity index (χ0v) is 24.5. The zero-order chi connectivity index (χ0) is 28.5. The number of fused-ring (bicyclic) bond motifs is 4. The number of cyclic esters (lactones) is 2. The maximum Gasteiger partial charge on any atom is 0.333 e. The highest BCUT2D eigenvalue weighted by Crippen LogP contribution is 2.71. The van der Waals surface area contributed by atoms with E-state index in [1.165, 1.54) is 18.1 Å². The van der Waals surface area contributed by atoms with Gasteiger partial charge in [0.25, 0.3) is 0 Å². The van der Waals surface area contributed by atoms with E-state index in [2.05, 4.69) is 32.9 Å². The molecule has 7 nitrogen and oxygen atoms in total. The highest BCUT2D eigenvalue weighted by molar-refractivity contribution is 5.88. The Morgan fingerprint density at radius 1 is 1.18 bits per heavy atom. The second-order valence-electron chi connectivity index (χ2n) is 13.7. The van der Waals surface area contributed by atoms with E-state index < -0.39 is 23.2 Å². The van der Waals surface area contributed by atoms with Gasteiger partial charge < -0.3 is 19.3 Å². The minimum absolute atomic E-state index is 0.0143. The predicted molar refractivity (Wildman–Crippen MR) is 145 cm³/mol. The third-order valence-electron chi connectivity index (χ3n) is 11.4. The summed E-state index contributed by atoms with van der Waals surface area (Å²) >= 11 is 0. The van der Waals surface area contributed by atoms with Gasteiger partial charge in [-0.25, -0.2) is 4.79 Å². The van der Waals surface area contributed by atoms with Crippen molar-refractivity contribution in [3.8, 4) is 0 Å². The number of hydrogen-bond donors (Lipinski definition) is 1. The van der Waals surface area contributed by atoms with E-state index in [1.54, 1.807) is 13.0 Å². The van der Waals surface area contributed by atoms with Crippen LogP contribution in [0.5, 0.6) is 0 Å². The predicted octanol–water partition coefficient (Wildman–Crippen LogP) is 5.22. The molecular weight excluding hydrogens is 496 g/mol. The molecule has 3 aliphatic carbocycles. The molecule has 7 heteroatoms. The number of rotatable bonds is 4. The summed E-state index contributed by atoms with van der Waals surface area (Å²) in [6.07, 6.45) is 9.54. The van der Waals surface area contributed by atoms with Gasteiger partial charge in [0, 0.05) is 30.3 Å². The fraction of sp³-hybridized carbons (Fsp3) is 0.719. The lowest BCUT2D eigenvalue weighted by Gasteiger charge is -2.59. The number of hydrogen-bond acceptors (Lipinski definition) is 7. The zero-order valence-electron chi connectivity index (χ0n) is 24.5. The molecule has 0 amide bonds. The standard InChI is InChI=1S/C32H44O7/c1-18-16-24(34)27(38-28(18)36)19(2)21-10-13-31(7)22-8-9-25(29(4,5)39-20(3)33)32(15-12-26(35)37-17-32)23(22)11-14-30(21,31)6/h8,11,16,19,21,24-25,27,34H,9-10,12-15,17H2,1-7H3/t19-,21+,24-,25-,27+,30+,31-,32-/m0/s1. The van der Waals surface area contributed by atoms with Crippen LogP contribution < -0.4 is 0 Å². The Kier molecular flexibility index (Phi) is 6.72. The highest BCUT2D eigenvalue weighted by atomic mass is 16.6. The van der Waals surface area contributed by atoms with E-state index in [9.17, 15) is 19.5 Å². The van der Waals surface area contributed by atoms with Crippen LogP contribution in [0.15, 0.2) is 34.9 Å². The van der Waals surface area contributed by atoms with Crippen molar-refractivity contribution in [3.05, 3.63) is 34.9 Å². The van der Waals surface area contributed by atoms with E-state index in [0.29, 0.717) is 25.0 Å². The normalized spacial score (nSPS) is 40.9. The van der Waals surface area contributed by atoms with Crippen molar-refractivity contribution in [3.63, 3.8) is 0 Å². The van der Waals surface area contributed by atoms with Crippen LogP contribution in [0.25, 0.3) is 0 Å². The maximum absolute atomic E-state index is 12.4. The number of aliphatic hydroxyl groups is 1. The smallest absolute Gasteiger partial charge is 0.333 e. The Labute approximate surface area is 232 Å². The summed E-state index contributed by atoms with van der Waals surface area (Å²) in [4.78, 5) is 36.6. The molecule has 5 aliphatic rings. The van der Waals surface area contributed by atoms with Crippen LogP contribution in [0.1, 0.15) is 87.0 Å². The molecule has 39 heavy (non-hydrogen) atoms. The quantitative estimate of drug-likeness (QED) is 0.386. The molecule has 0 unspecified atom stereocenters. The molecule has 0 bridgehead atoms. The summed E-state index contributed by atoms with van der Waals surface area (Å²) in [6.45, 7) is 14.2. The molecule has 0 radical (unpaired) electrons. The maximum atomic E-state index is 12.4. The molecule has 2 heterocycles. The van der Waals surface area contributed by atoms with Gasteiger partial charge in [0.1, 0.15) is 24.4 Å². The van der Waals surface area contributed by atoms with Gasteiger partial charge in [-0.3, -0.25) is 9.59 Å². The number of ether oxygens (including phenoxy) is 3. The first-order valence-corrected chi connectivity index (χ1v) is 14.5. The van der Waals surface area contributed by atoms with Crippen molar-refractivity contribution < 1.29 is 33.7 Å². The van der Waals surface area contributed by atoms with Gasteiger partial charge >= 0.3 is 17.9 Å². The summed E-state index contributed by atoms with van der Waals surface area (Å²) in [6, 6.07) is 0. The van der Waals surface area contributed by atoms with Crippen molar-refractivity contribution in [2.24, 2.45) is 34.0 Å². The molecule has 0 aromatic heterocycles. The largest absolute Gasteiger partial charge is 0.465 e. The fourth-order valence-corrected chi connectivity index (χ4v) is 9.21. The van der Waals surface area contributed by atoms with Gasteiger partial charge in [0.05, 0.1) is 0 Å². The molecule has 1 spiro atoms. The first kappa shape index (κ1) is 28.1. The number of carbonyl (C=O) groups is 3. The van der Waals surface area contributed by atoms with Crippen LogP contribution in [0.4, 0.5) is 0 Å². The number of aliphatic hydroxyl groups excluding tert-OH is 1. The summed E-state index contributed by atoms with van der Waals surface area (Å²) in [5.41, 5.74) is 1.67. The van der Waals surface area contributed by atoms with Crippen molar-refractivity contribution in [1.29, 1.82) is 0 Å². The molecule has 8 atom stereocenters. The summed E-state index contributed by atoms with van der Waals surface area (Å²) in [7, 11) is 0. The van der Waals surface area contributed by atoms with Crippen LogP contribution >= 0.6 is 0 Å². The van der Waals surface area contributed by atoms with Crippen molar-refractivity contribution in [2.45, 2.75) is 105 Å². The van der Waals surface area contributed by atoms with Crippen LogP contribution in [0.3, 0.4) is 0 Å². The van der Waals surface area contributed by atoms with Gasteiger partial charge in [0.2, 0.25) is 0 Å². The van der Waals surface area contributed by atoms with Crippen LogP contribution in [-0.4, -0.2) is 47.4 Å². The molecule has 2 fully saturated rings. The molecule has 1 N–H and O–H groups in total. The number of allylic oxidation sites excluding steroid dienone is 3. The Morgan fingerprint density at radius 2 is 1.90 bits per heavy atom. The average Bonchev–Trinajstić information content (AvgIpc) is 3.13. The Bertz CT molecular complexity index is 1160. The summed E-state index contributed by atoms with van der Waals surface area (Å²) in [5.74, 6) is -0.617. The van der Waals surface area contributed by atoms with Crippen molar-refractivity contribution >= 4 is 17.9 Å². The summed E-state index contributed by atoms with van der Waals surface area (Å²) in [5, 5.41) is 10.8. The average molecular weight is 541 g/mol. The van der Waals surface area contributed by atoms with Gasteiger partial charge in [0.15, 0.2) is 0 Å². The molecule has 0 aromatic carbocycles. The second kappa shape index (κ2) is 9.32. The Morgan fingerprint density at radius 3 is 2.54 bits per heavy atom. The van der Waals surface area contributed by atoms with Crippen LogP contribution in [0, 0.1) is 34.0 Å². The van der Waals surface area contributed by atoms with E-state index >= 15 is 0 Å². The minimum Gasteiger partial charge on any atom is -0.465 e. The van der Waals surface area contributed by atoms with E-state index in [1.807, 2.05) is 13.8 Å². The third kappa shape index (κ3) is 4.13. The first-order valence-electron chi connectivity index (χ1n) is 14.5. The molecule has 5 rings (SSSR count). The minimum atomic E-state index is -0.804. The first-order chi connectivity index (χ1) is 18.2. The van der Waals surface area contributed by atoms with Crippen molar-refractivity contribution in [1.82, 2.24) is 0 Å². The lowest BCUT2D eigenvalue weighted by atomic mass is 9.46. The SMILES string of the molecule is CC(=O)OC(C)(C)[C@@H]1CC=C2C(=CC[C@]3(C)[C@@H]([C@H](C)[C@H]4OC(=O)C(C)=C[C@@H]4O)CC[C@@]23C)[C@@]12CCC(=O)OC2. The molecule has 0 aromatic rings.